The Morgan fingerprint density at radius 2 is 2.40 bits per heavy atom. The molecule has 0 aromatic carbocycles. The van der Waals surface area contributed by atoms with Gasteiger partial charge >= 0.3 is 0 Å². The molecule has 0 bridgehead atoms. The predicted molar refractivity (Wildman–Crippen MR) is 43.2 cm³/mol. The highest BCUT2D eigenvalue weighted by Gasteiger charge is 2.36. The molecule has 0 radical (unpaired) electrons. The summed E-state index contributed by atoms with van der Waals surface area (Å²) in [6, 6.07) is 0. The van der Waals surface area contributed by atoms with Crippen LogP contribution in [0.5, 0.6) is 0 Å². The SMILES string of the molecule is CC1(C(O)CO)CCCS1. The molecule has 1 fully saturated rings. The summed E-state index contributed by atoms with van der Waals surface area (Å²) in [6.07, 6.45) is 1.65. The lowest BCUT2D eigenvalue weighted by Gasteiger charge is -2.27. The highest BCUT2D eigenvalue weighted by atomic mass is 32.2. The highest BCUT2D eigenvalue weighted by molar-refractivity contribution is 8.00. The van der Waals surface area contributed by atoms with Crippen LogP contribution >= 0.6 is 11.8 Å². The first-order chi connectivity index (χ1) is 4.69. The van der Waals surface area contributed by atoms with Gasteiger partial charge in [-0.25, -0.2) is 0 Å². The molecular weight excluding hydrogens is 148 g/mol. The molecule has 0 aliphatic carbocycles. The van der Waals surface area contributed by atoms with E-state index in [0.29, 0.717) is 0 Å². The molecule has 1 saturated heterocycles. The maximum atomic E-state index is 9.35. The molecule has 10 heavy (non-hydrogen) atoms. The van der Waals surface area contributed by atoms with Crippen molar-refractivity contribution in [2.45, 2.75) is 30.6 Å². The van der Waals surface area contributed by atoms with Crippen molar-refractivity contribution in [2.24, 2.45) is 0 Å². The third-order valence-electron chi connectivity index (χ3n) is 2.13. The van der Waals surface area contributed by atoms with Gasteiger partial charge in [-0.1, -0.05) is 0 Å². The van der Waals surface area contributed by atoms with Gasteiger partial charge in [0.05, 0.1) is 12.7 Å². The fraction of sp³-hybridized carbons (Fsp3) is 1.00. The zero-order chi connectivity index (χ0) is 7.61. The van der Waals surface area contributed by atoms with Gasteiger partial charge in [-0.15, -0.1) is 0 Å². The van der Waals surface area contributed by atoms with Crippen LogP contribution in [0.25, 0.3) is 0 Å². The van der Waals surface area contributed by atoms with Crippen molar-refractivity contribution >= 4 is 11.8 Å². The second kappa shape index (κ2) is 3.11. The van der Waals surface area contributed by atoms with E-state index < -0.39 is 6.10 Å². The first-order valence-corrected chi connectivity index (χ1v) is 4.60. The zero-order valence-electron chi connectivity index (χ0n) is 6.21. The minimum atomic E-state index is -0.542. The van der Waals surface area contributed by atoms with E-state index in [2.05, 4.69) is 0 Å². The molecule has 2 atom stereocenters. The average Bonchev–Trinajstić information content (AvgIpc) is 2.36. The minimum Gasteiger partial charge on any atom is -0.394 e. The van der Waals surface area contributed by atoms with E-state index in [1.165, 1.54) is 0 Å². The van der Waals surface area contributed by atoms with Crippen LogP contribution in [-0.2, 0) is 0 Å². The Morgan fingerprint density at radius 1 is 1.70 bits per heavy atom. The largest absolute Gasteiger partial charge is 0.394 e. The number of rotatable bonds is 2. The van der Waals surface area contributed by atoms with Crippen LogP contribution in [0, 0.1) is 0 Å². The number of aliphatic hydroxyl groups excluding tert-OH is 2. The monoisotopic (exact) mass is 162 g/mol. The van der Waals surface area contributed by atoms with Gasteiger partial charge in [-0.3, -0.25) is 0 Å². The van der Waals surface area contributed by atoms with Gasteiger partial charge in [0, 0.05) is 4.75 Å². The molecule has 0 aromatic heterocycles. The first-order valence-electron chi connectivity index (χ1n) is 3.62. The lowest BCUT2D eigenvalue weighted by molar-refractivity contribution is 0.0664. The topological polar surface area (TPSA) is 40.5 Å². The van der Waals surface area contributed by atoms with Crippen LogP contribution in [0.2, 0.25) is 0 Å². The molecule has 3 heteroatoms. The van der Waals surface area contributed by atoms with Gasteiger partial charge in [0.15, 0.2) is 0 Å². The van der Waals surface area contributed by atoms with Crippen molar-refractivity contribution in [1.29, 1.82) is 0 Å². The Hall–Kier alpha value is 0.270. The number of hydrogen-bond acceptors (Lipinski definition) is 3. The van der Waals surface area contributed by atoms with E-state index in [1.807, 2.05) is 6.92 Å². The van der Waals surface area contributed by atoms with Gasteiger partial charge in [-0.05, 0) is 25.5 Å². The van der Waals surface area contributed by atoms with Crippen LogP contribution in [0.1, 0.15) is 19.8 Å². The maximum absolute atomic E-state index is 9.35. The van der Waals surface area contributed by atoms with Gasteiger partial charge in [0.1, 0.15) is 0 Å². The minimum absolute atomic E-state index is 0.0747. The molecule has 0 saturated carbocycles. The summed E-state index contributed by atoms with van der Waals surface area (Å²) >= 11 is 1.77. The van der Waals surface area contributed by atoms with Crippen molar-refractivity contribution in [1.82, 2.24) is 0 Å². The smallest absolute Gasteiger partial charge is 0.0914 e. The van der Waals surface area contributed by atoms with Crippen LogP contribution in [0.3, 0.4) is 0 Å². The molecule has 0 spiro atoms. The number of hydrogen-bond donors (Lipinski definition) is 2. The van der Waals surface area contributed by atoms with E-state index in [1.54, 1.807) is 11.8 Å². The predicted octanol–water partition coefficient (Wildman–Crippen LogP) is 0.625. The van der Waals surface area contributed by atoms with Crippen molar-refractivity contribution < 1.29 is 10.2 Å². The zero-order valence-corrected chi connectivity index (χ0v) is 7.02. The Bertz CT molecular complexity index is 110. The number of aliphatic hydroxyl groups is 2. The van der Waals surface area contributed by atoms with E-state index in [4.69, 9.17) is 5.11 Å². The molecule has 60 valence electrons. The molecule has 2 nitrogen and oxygen atoms in total. The van der Waals surface area contributed by atoms with Crippen LogP contribution in [0.15, 0.2) is 0 Å². The molecule has 1 heterocycles. The standard InChI is InChI=1S/C7H14O2S/c1-7(6(9)5-8)3-2-4-10-7/h6,8-9H,2-5H2,1H3. The van der Waals surface area contributed by atoms with Gasteiger partial charge in [-0.2, -0.15) is 11.8 Å². The quantitative estimate of drug-likeness (QED) is 0.625. The summed E-state index contributed by atoms with van der Waals surface area (Å²) in [5, 5.41) is 18.0. The van der Waals surface area contributed by atoms with Crippen molar-refractivity contribution in [2.75, 3.05) is 12.4 Å². The third-order valence-corrected chi connectivity index (χ3v) is 3.76. The highest BCUT2D eigenvalue weighted by Crippen LogP contribution is 2.40. The summed E-state index contributed by atoms with van der Waals surface area (Å²) in [4.78, 5) is 0. The van der Waals surface area contributed by atoms with Crippen molar-refractivity contribution in [3.8, 4) is 0 Å². The van der Waals surface area contributed by atoms with Crippen molar-refractivity contribution in [3.63, 3.8) is 0 Å². The van der Waals surface area contributed by atoms with Gasteiger partial charge in [0.2, 0.25) is 0 Å². The average molecular weight is 162 g/mol. The summed E-state index contributed by atoms with van der Waals surface area (Å²) in [5.74, 6) is 1.12. The van der Waals surface area contributed by atoms with E-state index in [9.17, 15) is 5.11 Å². The van der Waals surface area contributed by atoms with E-state index in [-0.39, 0.29) is 11.4 Å². The van der Waals surface area contributed by atoms with Crippen LogP contribution in [0.4, 0.5) is 0 Å². The fourth-order valence-corrected chi connectivity index (χ4v) is 2.57. The normalized spacial score (nSPS) is 36.3. The molecule has 1 rings (SSSR count). The van der Waals surface area contributed by atoms with E-state index >= 15 is 0 Å². The maximum Gasteiger partial charge on any atom is 0.0914 e. The molecule has 2 N–H and O–H groups in total. The van der Waals surface area contributed by atoms with Crippen molar-refractivity contribution in [3.05, 3.63) is 0 Å². The summed E-state index contributed by atoms with van der Waals surface area (Å²) in [6.45, 7) is 1.91. The third kappa shape index (κ3) is 1.47. The molecule has 0 aromatic rings. The molecule has 0 amide bonds. The molecule has 2 unspecified atom stereocenters. The lowest BCUT2D eigenvalue weighted by atomic mass is 9.99. The van der Waals surface area contributed by atoms with Crippen LogP contribution in [-0.4, -0.2) is 33.4 Å². The van der Waals surface area contributed by atoms with Gasteiger partial charge < -0.3 is 10.2 Å². The fourth-order valence-electron chi connectivity index (χ4n) is 1.26. The number of thioether (sulfide) groups is 1. The second-order valence-corrected chi connectivity index (χ2v) is 4.59. The lowest BCUT2D eigenvalue weighted by Crippen LogP contribution is -2.36. The molecule has 1 aliphatic heterocycles. The summed E-state index contributed by atoms with van der Waals surface area (Å²) in [5.41, 5.74) is 0. The summed E-state index contributed by atoms with van der Waals surface area (Å²) < 4.78 is -0.0747. The Morgan fingerprint density at radius 3 is 2.80 bits per heavy atom. The Kier molecular flexibility index (Phi) is 2.61. The molecular formula is C7H14O2S. The van der Waals surface area contributed by atoms with Crippen LogP contribution < -0.4 is 0 Å². The Balaban J connectivity index is 2.49. The first kappa shape index (κ1) is 8.37. The second-order valence-electron chi connectivity index (χ2n) is 2.96. The van der Waals surface area contributed by atoms with E-state index in [0.717, 1.165) is 18.6 Å². The van der Waals surface area contributed by atoms with Gasteiger partial charge in [0.25, 0.3) is 0 Å². The Labute approximate surface area is 65.6 Å². The summed E-state index contributed by atoms with van der Waals surface area (Å²) in [7, 11) is 0. The molecule has 1 aliphatic rings.